The van der Waals surface area contributed by atoms with Crippen LogP contribution in [0.3, 0.4) is 0 Å². The molecule has 0 saturated heterocycles. The molecule has 0 atom stereocenters. The van der Waals surface area contributed by atoms with E-state index in [4.69, 9.17) is 54.7 Å². The van der Waals surface area contributed by atoms with Crippen molar-refractivity contribution in [3.05, 3.63) is 305 Å². The number of rotatable bonds is 24. The average Bonchev–Trinajstić information content (AvgIpc) is 1.76. The zero-order valence-electron chi connectivity index (χ0n) is 65.9. The number of aryl methyl sites for hydroxylation is 3. The molecule has 0 aliphatic heterocycles. The minimum atomic E-state index is -1.03. The molecule has 121 heavy (non-hydrogen) atoms. The normalized spacial score (nSPS) is 10.5. The second-order valence-corrected chi connectivity index (χ2v) is 26.4. The van der Waals surface area contributed by atoms with Crippen LogP contribution >= 0.6 is 12.4 Å². The van der Waals surface area contributed by atoms with Crippen LogP contribution in [0.2, 0.25) is 0 Å². The van der Waals surface area contributed by atoms with Crippen molar-refractivity contribution in [2.24, 2.45) is 0 Å². The first-order valence-corrected chi connectivity index (χ1v) is 36.7. The largest absolute Gasteiger partial charge is 0.496 e. The van der Waals surface area contributed by atoms with E-state index >= 15 is 0 Å². The second-order valence-electron chi connectivity index (χ2n) is 26.4. The number of benzene rings is 9. The highest BCUT2D eigenvalue weighted by Crippen LogP contribution is 2.34. The zero-order valence-corrected chi connectivity index (χ0v) is 66.7. The van der Waals surface area contributed by atoms with Crippen LogP contribution in [0.25, 0.3) is 50.7 Å². The average molecular weight is 1650 g/mol. The number of ether oxygens (including phenoxy) is 3. The maximum absolute atomic E-state index is 13.1. The van der Waals surface area contributed by atoms with E-state index in [0.717, 1.165) is 39.3 Å². The third-order valence-corrected chi connectivity index (χ3v) is 18.6. The number of aliphatic hydroxyl groups excluding tert-OH is 5. The molecule has 0 bridgehead atoms. The van der Waals surface area contributed by atoms with E-state index in [2.05, 4.69) is 41.5 Å². The fraction of sp³-hybridized carbons (Fsp3) is 0.124. The lowest BCUT2D eigenvalue weighted by atomic mass is 10.1. The number of carbonyl (C=O) groups excluding carboxylic acids is 6. The van der Waals surface area contributed by atoms with Crippen molar-refractivity contribution in [3.63, 3.8) is 0 Å². The van der Waals surface area contributed by atoms with E-state index in [9.17, 15) is 44.4 Å². The molecule has 6 aromatic heterocycles. The number of nitrogens with one attached hydrogen (secondary N) is 5. The molecule has 9 aromatic carbocycles. The monoisotopic (exact) mass is 1650 g/mol. The van der Waals surface area contributed by atoms with Crippen LogP contribution in [0.4, 0.5) is 51.6 Å². The number of nitrogens with two attached hydrogens (primary N) is 1. The minimum Gasteiger partial charge on any atom is -0.496 e. The van der Waals surface area contributed by atoms with Crippen LogP contribution in [-0.4, -0.2) is 144 Å². The number of amides is 2. The van der Waals surface area contributed by atoms with E-state index in [1.165, 1.54) is 12.1 Å². The number of Topliss-reactive ketones (excluding diaryl/α,β-unsaturated/α-hetero) is 2. The van der Waals surface area contributed by atoms with Crippen LogP contribution in [-0.2, 0) is 29.4 Å². The molecule has 0 aliphatic rings. The number of aromatic carboxylic acids is 1. The number of imidazole rings is 3. The van der Waals surface area contributed by atoms with Gasteiger partial charge in [-0.05, 0) is 135 Å². The molecule has 6 heterocycles. The molecule has 0 fully saturated rings. The standard InChI is InChI=1S/C30H27N5O5.C29H25N5O5.C20H18N4O2.C9H11NO2.CO2.ClH/c1-18-12-20(26(38)17-37)7-9-24(18)34-30(39)21-5-3-4-19(13-21)25-15-35-11-10-31-29(35)28(33-25)32-23-8-6-22(16-36)27(14-23)40-2;1-17-12-20(29(37)38)7-9-23(17)33-28(36)19-5-3-4-18(13-19)24-15-34-11-10-30-27(34)26(32-24)31-22-8-6-21(16-35)25(14-22)39-2;1-26-18-11-16(8-7-15(18)13-25)22-19-20-21-9-10-24(20)12-17(23-19)14-5-3-2-4-6-14;1-6-4-7(9(12)5-11)2-3-8(6)10;2-1-3;/h3-15,36-37H,16-17H2,1-2H3,(H,32,33)(H,34,39);3-15,35H,16H2,1-2H3,(H,31,32)(H,33,36)(H,37,38);2-12,25H,13H2,1H3,(H,22,23);2-4,11H,5,10H2,1H3;;1H. The summed E-state index contributed by atoms with van der Waals surface area (Å²) in [7, 11) is 4.67. The molecular formula is C89H82ClN15O16. The molecular weight excluding hydrogens is 1570 g/mol. The number of halogens is 1. The van der Waals surface area contributed by atoms with Gasteiger partial charge < -0.3 is 90.4 Å². The highest BCUT2D eigenvalue weighted by atomic mass is 35.5. The van der Waals surface area contributed by atoms with Crippen molar-refractivity contribution in [2.45, 2.75) is 40.6 Å². The third kappa shape index (κ3) is 21.9. The van der Waals surface area contributed by atoms with Gasteiger partial charge in [0.25, 0.3) is 11.8 Å². The minimum absolute atomic E-state index is 0. The van der Waals surface area contributed by atoms with E-state index in [1.807, 2.05) is 124 Å². The van der Waals surface area contributed by atoms with Crippen LogP contribution < -0.4 is 46.5 Å². The fourth-order valence-corrected chi connectivity index (χ4v) is 12.3. The quantitative estimate of drug-likeness (QED) is 0.0197. The lowest BCUT2D eigenvalue weighted by Crippen LogP contribution is -2.13. The number of methoxy groups -OCH3 is 3. The SMILES string of the molecule is COc1cc(Nc2nc(-c3cccc(C(=O)Nc4ccc(C(=O)CO)cc4C)c3)cn3ccnc23)ccc1CO.COc1cc(Nc2nc(-c3cccc(C(=O)Nc4ccc(C(=O)O)cc4C)c3)cn3ccnc23)ccc1CO.COc1cc(Nc2nc(-c3ccccc3)cn3ccnc23)ccc1CO.Cc1cc(C(=O)CO)ccc1N.Cl.O=C=O. The Kier molecular flexibility index (Phi) is 30.2. The number of carboxylic acid groups (broad SMARTS) is 1. The van der Waals surface area contributed by atoms with Crippen molar-refractivity contribution >= 4 is 116 Å². The van der Waals surface area contributed by atoms with Crippen molar-refractivity contribution in [1.82, 2.24) is 43.1 Å². The van der Waals surface area contributed by atoms with E-state index in [1.54, 1.807) is 163 Å². The highest BCUT2D eigenvalue weighted by Gasteiger charge is 2.20. The first-order chi connectivity index (χ1) is 58.1. The van der Waals surface area contributed by atoms with Gasteiger partial charge in [-0.15, -0.1) is 12.4 Å². The van der Waals surface area contributed by atoms with Gasteiger partial charge in [0, 0.05) is 164 Å². The third-order valence-electron chi connectivity index (χ3n) is 18.6. The number of carbonyl (C=O) groups is 5. The summed E-state index contributed by atoms with van der Waals surface area (Å²) >= 11 is 0. The first-order valence-electron chi connectivity index (χ1n) is 36.7. The summed E-state index contributed by atoms with van der Waals surface area (Å²) in [5.74, 6) is 1.03. The molecule has 31 nitrogen and oxygen atoms in total. The number of nitrogen functional groups attached to an aromatic ring is 1. The lowest BCUT2D eigenvalue weighted by Gasteiger charge is -2.13. The number of hydrogen-bond donors (Lipinski definition) is 12. The van der Waals surface area contributed by atoms with Crippen molar-refractivity contribution in [1.29, 1.82) is 0 Å². The summed E-state index contributed by atoms with van der Waals surface area (Å²) in [5, 5.41) is 70.9. The molecule has 616 valence electrons. The molecule has 0 aliphatic carbocycles. The first kappa shape index (κ1) is 88.0. The Labute approximate surface area is 697 Å². The number of hydrogen-bond acceptors (Lipinski definition) is 25. The molecule has 13 N–H and O–H groups in total. The molecule has 15 aromatic rings. The maximum Gasteiger partial charge on any atom is 0.373 e. The van der Waals surface area contributed by atoms with Crippen LogP contribution in [0.1, 0.15) is 85.2 Å². The molecule has 32 heteroatoms. The smallest absolute Gasteiger partial charge is 0.373 e. The summed E-state index contributed by atoms with van der Waals surface area (Å²) in [6, 6.07) is 54.8. The van der Waals surface area contributed by atoms with Gasteiger partial charge in [0.15, 0.2) is 46.0 Å². The van der Waals surface area contributed by atoms with Gasteiger partial charge in [0.05, 0.1) is 63.8 Å². The Hall–Kier alpha value is -15.3. The second kappa shape index (κ2) is 41.5. The predicted molar refractivity (Wildman–Crippen MR) is 458 cm³/mol. The highest BCUT2D eigenvalue weighted by molar-refractivity contribution is 6.07. The number of aromatic nitrogens is 9. The Morgan fingerprint density at radius 1 is 0.413 bits per heavy atom. The summed E-state index contributed by atoms with van der Waals surface area (Å²) in [5.41, 5.74) is 22.2. The Bertz CT molecular complexity index is 6290. The van der Waals surface area contributed by atoms with Gasteiger partial charge in [-0.2, -0.15) is 9.59 Å². The maximum atomic E-state index is 13.1. The topological polar surface area (TPSA) is 445 Å². The lowest BCUT2D eigenvalue weighted by molar-refractivity contribution is -0.191. The van der Waals surface area contributed by atoms with Gasteiger partial charge >= 0.3 is 12.1 Å². The number of carboxylic acids is 1. The summed E-state index contributed by atoms with van der Waals surface area (Å²) in [6.45, 7) is 3.97. The predicted octanol–water partition coefficient (Wildman–Crippen LogP) is 13.5. The number of fused-ring (bicyclic) bond motifs is 3. The molecule has 0 saturated carbocycles. The van der Waals surface area contributed by atoms with Crippen molar-refractivity contribution in [2.75, 3.05) is 66.9 Å². The number of nitrogens with zero attached hydrogens (tertiary/aromatic N) is 9. The van der Waals surface area contributed by atoms with E-state index < -0.39 is 19.2 Å². The number of ketones is 2. The Balaban J connectivity index is 0.000000177. The summed E-state index contributed by atoms with van der Waals surface area (Å²) in [4.78, 5) is 104. The van der Waals surface area contributed by atoms with Gasteiger partial charge in [0.1, 0.15) is 30.5 Å². The molecule has 0 radical (unpaired) electrons. The molecule has 15 rings (SSSR count). The molecule has 0 unspecified atom stereocenters. The van der Waals surface area contributed by atoms with Crippen molar-refractivity contribution in [3.8, 4) is 51.0 Å². The molecule has 2 amide bonds. The van der Waals surface area contributed by atoms with E-state index in [0.29, 0.717) is 136 Å². The zero-order chi connectivity index (χ0) is 85.5. The van der Waals surface area contributed by atoms with Gasteiger partial charge in [-0.25, -0.2) is 34.7 Å². The summed E-state index contributed by atoms with van der Waals surface area (Å²) < 4.78 is 21.7. The fourth-order valence-electron chi connectivity index (χ4n) is 12.3. The number of aliphatic hydroxyl groups is 5. The Morgan fingerprint density at radius 2 is 0.760 bits per heavy atom. The van der Waals surface area contributed by atoms with Crippen LogP contribution in [0, 0.1) is 20.8 Å². The van der Waals surface area contributed by atoms with Crippen LogP contribution in [0.15, 0.2) is 244 Å². The van der Waals surface area contributed by atoms with Gasteiger partial charge in [-0.3, -0.25) is 19.2 Å². The summed E-state index contributed by atoms with van der Waals surface area (Å²) in [6.07, 6.45) is 16.5. The van der Waals surface area contributed by atoms with Gasteiger partial charge in [-0.1, -0.05) is 72.8 Å². The van der Waals surface area contributed by atoms with E-state index in [-0.39, 0.29) is 67.3 Å². The Morgan fingerprint density at radius 3 is 1.11 bits per heavy atom. The van der Waals surface area contributed by atoms with Crippen LogP contribution in [0.5, 0.6) is 17.2 Å². The van der Waals surface area contributed by atoms with Gasteiger partial charge in [0.2, 0.25) is 0 Å². The number of anilines is 9. The van der Waals surface area contributed by atoms with Crippen molar-refractivity contribution < 1.29 is 78.4 Å². The molecule has 0 spiro atoms.